The molecule has 8 radical (unpaired) electrons. The number of amides is 4. The fourth-order valence-electron chi connectivity index (χ4n) is 4.12. The highest BCUT2D eigenvalue weighted by Gasteiger charge is 2.57. The third-order valence-electron chi connectivity index (χ3n) is 6.34. The van der Waals surface area contributed by atoms with Gasteiger partial charge in [-0.3, -0.25) is 24.5 Å². The van der Waals surface area contributed by atoms with Crippen LogP contribution >= 0.6 is 11.6 Å². The van der Waals surface area contributed by atoms with Crippen LogP contribution in [0, 0.1) is 0 Å². The summed E-state index contributed by atoms with van der Waals surface area (Å²) in [5.74, 6) is -9.74. The Morgan fingerprint density at radius 2 is 1.75 bits per heavy atom. The summed E-state index contributed by atoms with van der Waals surface area (Å²) in [6, 6.07) is 8.94. The van der Waals surface area contributed by atoms with Gasteiger partial charge in [0.2, 0.25) is 11.8 Å². The largest absolute Gasteiger partial charge is 0.349 e. The van der Waals surface area contributed by atoms with Gasteiger partial charge < -0.3 is 10.2 Å². The molecule has 1 saturated heterocycles. The van der Waals surface area contributed by atoms with E-state index in [2.05, 4.69) is 5.32 Å². The maximum atomic E-state index is 14.5. The van der Waals surface area contributed by atoms with Crippen LogP contribution in [0.3, 0.4) is 0 Å². The highest BCUT2D eigenvalue weighted by Crippen LogP contribution is 2.46. The smallest absolute Gasteiger partial charge is 0.346 e. The fraction of sp³-hybridized carbons (Fsp3) is 0.273. The maximum absolute atomic E-state index is 14.5. The molecule has 2 atom stereocenters. The Bertz CT molecular complexity index is 1290. The Labute approximate surface area is 215 Å². The van der Waals surface area contributed by atoms with E-state index in [1.807, 2.05) is 5.32 Å². The molecule has 0 saturated carbocycles. The molecule has 2 aliphatic rings. The number of benzene rings is 2. The number of nitrogens with one attached hydrogen (secondary N) is 2. The molecular weight excluding hydrogens is 487 g/mol. The lowest BCUT2D eigenvalue weighted by atomic mass is 9.35. The molecule has 36 heavy (non-hydrogen) atoms. The summed E-state index contributed by atoms with van der Waals surface area (Å²) in [4.78, 5) is 50.8. The number of hydrogen-bond acceptors (Lipinski definition) is 4. The molecule has 2 aromatic rings. The highest BCUT2D eigenvalue weighted by atomic mass is 35.5. The minimum absolute atomic E-state index is 0.165. The molecule has 0 aromatic heterocycles. The second kappa shape index (κ2) is 8.80. The lowest BCUT2D eigenvalue weighted by Crippen LogP contribution is -2.70. The van der Waals surface area contributed by atoms with Crippen LogP contribution in [0.2, 0.25) is 16.1 Å². The molecule has 2 aromatic carbocycles. The van der Waals surface area contributed by atoms with Gasteiger partial charge in [-0.05, 0) is 34.5 Å². The summed E-state index contributed by atoms with van der Waals surface area (Å²) in [5.41, 5.74) is -1.82. The van der Waals surface area contributed by atoms with Gasteiger partial charge in [0.25, 0.3) is 11.8 Å². The Morgan fingerprint density at radius 3 is 2.39 bits per heavy atom. The molecule has 2 heterocycles. The van der Waals surface area contributed by atoms with Crippen molar-refractivity contribution in [3.63, 3.8) is 0 Å². The quantitative estimate of drug-likeness (QED) is 0.465. The van der Waals surface area contributed by atoms with Gasteiger partial charge >= 0.3 is 5.92 Å². The van der Waals surface area contributed by atoms with Crippen molar-refractivity contribution in [2.24, 2.45) is 0 Å². The van der Waals surface area contributed by atoms with Crippen LogP contribution < -0.4 is 10.6 Å². The van der Waals surface area contributed by atoms with Crippen LogP contribution in [0.5, 0.6) is 0 Å². The van der Waals surface area contributed by atoms with E-state index >= 15 is 0 Å². The van der Waals surface area contributed by atoms with Crippen molar-refractivity contribution in [1.82, 2.24) is 15.5 Å². The lowest BCUT2D eigenvalue weighted by molar-refractivity contribution is -0.147. The summed E-state index contributed by atoms with van der Waals surface area (Å²) < 4.78 is 29.0. The molecule has 7 nitrogen and oxygen atoms in total. The molecule has 174 valence electrons. The van der Waals surface area contributed by atoms with Crippen molar-refractivity contribution in [3.8, 4) is 0 Å². The van der Waals surface area contributed by atoms with E-state index in [1.165, 1.54) is 30.3 Å². The highest BCUT2D eigenvalue weighted by molar-refractivity contribution is 6.58. The maximum Gasteiger partial charge on any atom is 0.349 e. The number of carbonyl (C=O) groups excluding carboxylic acids is 4. The molecule has 1 fully saturated rings. The SMILES string of the molecule is [B]C1C([B])([B])C(=O)NC(=O)[C@@]1([B])N1Cc2cc(CNC(=O)C(F)(F)c3ccc(Cl)cc3)ccc2C1=O. The second-order valence-corrected chi connectivity index (χ2v) is 9.10. The third kappa shape index (κ3) is 4.03. The summed E-state index contributed by atoms with van der Waals surface area (Å²) in [6.45, 7) is -0.487. The molecular formula is C22H14B4ClF2N3O4. The first kappa shape index (κ1) is 26.0. The Morgan fingerprint density at radius 1 is 1.11 bits per heavy atom. The number of alkyl halides is 2. The molecule has 4 amide bonds. The zero-order valence-electron chi connectivity index (χ0n) is 18.6. The van der Waals surface area contributed by atoms with Gasteiger partial charge in [-0.1, -0.05) is 41.7 Å². The van der Waals surface area contributed by atoms with Crippen molar-refractivity contribution in [2.75, 3.05) is 0 Å². The van der Waals surface area contributed by atoms with Crippen molar-refractivity contribution in [2.45, 2.75) is 35.5 Å². The van der Waals surface area contributed by atoms with Crippen LogP contribution in [0.1, 0.15) is 27.0 Å². The van der Waals surface area contributed by atoms with E-state index in [9.17, 15) is 28.0 Å². The number of nitrogens with zero attached hydrogens (tertiary/aromatic N) is 1. The third-order valence-corrected chi connectivity index (χ3v) is 6.59. The van der Waals surface area contributed by atoms with E-state index < -0.39 is 51.6 Å². The summed E-state index contributed by atoms with van der Waals surface area (Å²) in [7, 11) is 23.7. The van der Waals surface area contributed by atoms with Crippen LogP contribution in [0.25, 0.3) is 0 Å². The first-order chi connectivity index (χ1) is 16.7. The van der Waals surface area contributed by atoms with Crippen LogP contribution in [0.15, 0.2) is 42.5 Å². The lowest BCUT2D eigenvalue weighted by Gasteiger charge is -2.52. The fourth-order valence-corrected chi connectivity index (χ4v) is 4.24. The van der Waals surface area contributed by atoms with Crippen LogP contribution in [-0.2, 0) is 33.4 Å². The Hall–Kier alpha value is -3.07. The number of hydrogen-bond donors (Lipinski definition) is 2. The van der Waals surface area contributed by atoms with Crippen LogP contribution in [0.4, 0.5) is 8.78 Å². The molecule has 0 spiro atoms. The van der Waals surface area contributed by atoms with Crippen LogP contribution in [-0.4, -0.2) is 65.4 Å². The molecule has 0 aliphatic carbocycles. The summed E-state index contributed by atoms with van der Waals surface area (Å²) >= 11 is 5.71. The molecule has 4 rings (SSSR count). The average Bonchev–Trinajstić information content (AvgIpc) is 3.16. The molecule has 14 heteroatoms. The topological polar surface area (TPSA) is 95.6 Å². The number of fused-ring (bicyclic) bond motifs is 1. The van der Waals surface area contributed by atoms with Gasteiger partial charge in [0.05, 0.1) is 29.0 Å². The van der Waals surface area contributed by atoms with Crippen molar-refractivity contribution in [1.29, 1.82) is 0 Å². The standard InChI is InChI=1S/C22H14B4ClF2N3O4/c23-16-20(24,25)17(34)31-18(35)21(16,26)32-9-11-7-10(1-6-14(11)15(32)33)8-30-19(36)22(28,29)12-2-4-13(27)5-3-12/h1-7,16H,8-9H2,(H,30,36)(H,31,34,35)/t16?,21-/m0/s1. The normalized spacial score (nSPS) is 23.2. The van der Waals surface area contributed by atoms with Gasteiger partial charge in [-0.2, -0.15) is 8.78 Å². The number of piperidine rings is 1. The number of carbonyl (C=O) groups is 4. The zero-order valence-corrected chi connectivity index (χ0v) is 19.3. The van der Waals surface area contributed by atoms with Gasteiger partial charge in [0.15, 0.2) is 0 Å². The predicted octanol–water partition coefficient (Wildman–Crippen LogP) is 0.635. The Balaban J connectivity index is 1.51. The summed E-state index contributed by atoms with van der Waals surface area (Å²) in [5, 5.41) is 2.12. The molecule has 0 bridgehead atoms. The minimum Gasteiger partial charge on any atom is -0.346 e. The van der Waals surface area contributed by atoms with E-state index in [0.29, 0.717) is 11.1 Å². The average molecular weight is 501 g/mol. The van der Waals surface area contributed by atoms with Gasteiger partial charge in [0, 0.05) is 29.2 Å². The van der Waals surface area contributed by atoms with Crippen molar-refractivity contribution >= 4 is 66.6 Å². The zero-order chi connectivity index (χ0) is 26.6. The minimum atomic E-state index is -3.81. The van der Waals surface area contributed by atoms with E-state index in [4.69, 9.17) is 43.0 Å². The van der Waals surface area contributed by atoms with Gasteiger partial charge in [-0.25, -0.2) is 0 Å². The van der Waals surface area contributed by atoms with Crippen molar-refractivity contribution in [3.05, 3.63) is 69.7 Å². The monoisotopic (exact) mass is 501 g/mol. The number of imide groups is 1. The van der Waals surface area contributed by atoms with E-state index in [-0.39, 0.29) is 23.7 Å². The molecule has 1 unspecified atom stereocenters. The van der Waals surface area contributed by atoms with E-state index in [0.717, 1.165) is 17.0 Å². The van der Waals surface area contributed by atoms with Crippen molar-refractivity contribution < 1.29 is 28.0 Å². The van der Waals surface area contributed by atoms with Gasteiger partial charge in [0.1, 0.15) is 7.85 Å². The number of rotatable bonds is 5. The summed E-state index contributed by atoms with van der Waals surface area (Å²) in [6.07, 6.45) is 0. The first-order valence-electron chi connectivity index (χ1n) is 10.5. The predicted molar refractivity (Wildman–Crippen MR) is 129 cm³/mol. The molecule has 2 aliphatic heterocycles. The number of halogens is 3. The Kier molecular flexibility index (Phi) is 6.35. The first-order valence-corrected chi connectivity index (χ1v) is 10.9. The second-order valence-electron chi connectivity index (χ2n) is 8.67. The molecule has 2 N–H and O–H groups in total. The van der Waals surface area contributed by atoms with Gasteiger partial charge in [-0.15, -0.1) is 0 Å². The van der Waals surface area contributed by atoms with E-state index in [1.54, 1.807) is 0 Å².